The normalized spacial score (nSPS) is 17.5. The van der Waals surface area contributed by atoms with E-state index in [1.807, 2.05) is 6.92 Å². The van der Waals surface area contributed by atoms with Gasteiger partial charge in [0.1, 0.15) is 12.7 Å². The number of likely N-dealkylation sites (tertiary alicyclic amines) is 1. The van der Waals surface area contributed by atoms with Gasteiger partial charge >= 0.3 is 0 Å². The van der Waals surface area contributed by atoms with E-state index in [1.165, 1.54) is 11.9 Å². The maximum atomic E-state index is 12.2. The highest BCUT2D eigenvalue weighted by Gasteiger charge is 2.22. The minimum Gasteiger partial charge on any atom is -0.351 e. The highest BCUT2D eigenvalue weighted by molar-refractivity contribution is 5.78. The summed E-state index contributed by atoms with van der Waals surface area (Å²) in [6.07, 6.45) is 5.40. The second-order valence-electron chi connectivity index (χ2n) is 6.55. The average Bonchev–Trinajstić information content (AvgIpc) is 3.09. The van der Waals surface area contributed by atoms with Crippen molar-refractivity contribution in [3.05, 3.63) is 48.5 Å². The number of hydrogen-bond donors (Lipinski definition) is 1. The summed E-state index contributed by atoms with van der Waals surface area (Å²) in [4.78, 5) is 18.4. The number of nitrogens with zero attached hydrogens (tertiary/aromatic N) is 4. The zero-order valence-corrected chi connectivity index (χ0v) is 14.1. The number of carbonyl (C=O) groups excluding carboxylic acids is 1. The van der Waals surface area contributed by atoms with Crippen molar-refractivity contribution in [2.45, 2.75) is 38.3 Å². The Labute approximate surface area is 142 Å². The molecule has 128 valence electrons. The molecule has 1 atom stereocenters. The zero-order chi connectivity index (χ0) is 16.8. The van der Waals surface area contributed by atoms with Crippen LogP contribution in [0.15, 0.2) is 43.0 Å². The fraction of sp³-hybridized carbons (Fsp3) is 0.500. The third-order valence-corrected chi connectivity index (χ3v) is 4.56. The number of rotatable bonds is 6. The van der Waals surface area contributed by atoms with Crippen LogP contribution in [-0.4, -0.2) is 51.2 Å². The Bertz CT molecular complexity index is 620. The van der Waals surface area contributed by atoms with Gasteiger partial charge in [-0.3, -0.25) is 14.4 Å². The maximum absolute atomic E-state index is 12.2. The van der Waals surface area contributed by atoms with Crippen molar-refractivity contribution in [2.75, 3.05) is 19.6 Å². The fourth-order valence-electron chi connectivity index (χ4n) is 3.33. The van der Waals surface area contributed by atoms with Crippen LogP contribution in [0.5, 0.6) is 0 Å². The largest absolute Gasteiger partial charge is 0.351 e. The molecule has 6 heteroatoms. The molecule has 1 aromatic heterocycles. The molecule has 1 N–H and O–H groups in total. The highest BCUT2D eigenvalue weighted by atomic mass is 16.2. The molecular weight excluding hydrogens is 302 g/mol. The van der Waals surface area contributed by atoms with E-state index in [4.69, 9.17) is 0 Å². The summed E-state index contributed by atoms with van der Waals surface area (Å²) in [5.74, 6) is 0.706. The second-order valence-corrected chi connectivity index (χ2v) is 6.55. The summed E-state index contributed by atoms with van der Waals surface area (Å²) in [6, 6.07) is 10.7. The third kappa shape index (κ3) is 4.64. The van der Waals surface area contributed by atoms with E-state index >= 15 is 0 Å². The molecule has 1 unspecified atom stereocenters. The standard InChI is InChI=1S/C18H25N5O/c1-15(11-23-14-19-13-20-23)21-18(24)12-22-9-7-17(8-10-22)16-5-3-2-4-6-16/h2-6,13-15,17H,7-12H2,1H3,(H,21,24). The van der Waals surface area contributed by atoms with Crippen molar-refractivity contribution in [2.24, 2.45) is 0 Å². The first-order valence-corrected chi connectivity index (χ1v) is 8.60. The lowest BCUT2D eigenvalue weighted by molar-refractivity contribution is -0.123. The van der Waals surface area contributed by atoms with Crippen LogP contribution in [0.4, 0.5) is 0 Å². The van der Waals surface area contributed by atoms with Gasteiger partial charge in [-0.1, -0.05) is 30.3 Å². The number of amides is 1. The second kappa shape index (κ2) is 8.06. The predicted molar refractivity (Wildman–Crippen MR) is 92.5 cm³/mol. The molecule has 3 rings (SSSR count). The number of nitrogens with one attached hydrogen (secondary N) is 1. The molecule has 1 aliphatic rings. The molecule has 2 heterocycles. The number of carbonyl (C=O) groups is 1. The molecule has 0 bridgehead atoms. The van der Waals surface area contributed by atoms with Gasteiger partial charge in [0, 0.05) is 6.04 Å². The summed E-state index contributed by atoms with van der Waals surface area (Å²) in [6.45, 7) is 5.06. The van der Waals surface area contributed by atoms with Gasteiger partial charge in [0.25, 0.3) is 0 Å². The van der Waals surface area contributed by atoms with Crippen LogP contribution in [0.25, 0.3) is 0 Å². The van der Waals surface area contributed by atoms with Crippen molar-refractivity contribution < 1.29 is 4.79 Å². The zero-order valence-electron chi connectivity index (χ0n) is 14.1. The van der Waals surface area contributed by atoms with Gasteiger partial charge in [-0.2, -0.15) is 5.10 Å². The Morgan fingerprint density at radius 1 is 1.29 bits per heavy atom. The Morgan fingerprint density at radius 2 is 2.04 bits per heavy atom. The van der Waals surface area contributed by atoms with Crippen LogP contribution in [0.2, 0.25) is 0 Å². The quantitative estimate of drug-likeness (QED) is 0.876. The van der Waals surface area contributed by atoms with Crippen LogP contribution in [0.3, 0.4) is 0 Å². The van der Waals surface area contributed by atoms with Crippen LogP contribution in [0.1, 0.15) is 31.2 Å². The Balaban J connectivity index is 1.40. The first kappa shape index (κ1) is 16.6. The van der Waals surface area contributed by atoms with Gasteiger partial charge in [0.05, 0.1) is 13.1 Å². The molecule has 0 aliphatic carbocycles. The van der Waals surface area contributed by atoms with Crippen molar-refractivity contribution in [1.82, 2.24) is 25.0 Å². The summed E-state index contributed by atoms with van der Waals surface area (Å²) >= 11 is 0. The lowest BCUT2D eigenvalue weighted by atomic mass is 9.89. The molecule has 6 nitrogen and oxygen atoms in total. The monoisotopic (exact) mass is 327 g/mol. The lowest BCUT2D eigenvalue weighted by Gasteiger charge is -2.32. The van der Waals surface area contributed by atoms with E-state index < -0.39 is 0 Å². The van der Waals surface area contributed by atoms with Gasteiger partial charge in [0.2, 0.25) is 5.91 Å². The van der Waals surface area contributed by atoms with E-state index in [0.29, 0.717) is 19.0 Å². The summed E-state index contributed by atoms with van der Waals surface area (Å²) in [7, 11) is 0. The fourth-order valence-corrected chi connectivity index (χ4v) is 3.33. The minimum absolute atomic E-state index is 0.0426. The van der Waals surface area contributed by atoms with E-state index in [-0.39, 0.29) is 11.9 Å². The smallest absolute Gasteiger partial charge is 0.234 e. The Kier molecular flexibility index (Phi) is 5.59. The molecule has 1 amide bonds. The van der Waals surface area contributed by atoms with Crippen molar-refractivity contribution in [3.63, 3.8) is 0 Å². The number of benzene rings is 1. The SMILES string of the molecule is CC(Cn1cncn1)NC(=O)CN1CCC(c2ccccc2)CC1. The Morgan fingerprint density at radius 3 is 2.71 bits per heavy atom. The molecule has 1 saturated heterocycles. The first-order valence-electron chi connectivity index (χ1n) is 8.60. The molecule has 0 radical (unpaired) electrons. The third-order valence-electron chi connectivity index (χ3n) is 4.56. The van der Waals surface area contributed by atoms with E-state index in [0.717, 1.165) is 25.9 Å². The van der Waals surface area contributed by atoms with Crippen LogP contribution in [-0.2, 0) is 11.3 Å². The summed E-state index contributed by atoms with van der Waals surface area (Å²) < 4.78 is 1.73. The van der Waals surface area contributed by atoms with Crippen molar-refractivity contribution >= 4 is 5.91 Å². The topological polar surface area (TPSA) is 63.1 Å². The lowest BCUT2D eigenvalue weighted by Crippen LogP contribution is -2.44. The van der Waals surface area contributed by atoms with E-state index in [1.54, 1.807) is 11.0 Å². The average molecular weight is 327 g/mol. The molecular formula is C18H25N5O. The molecule has 1 aromatic carbocycles. The van der Waals surface area contributed by atoms with Gasteiger partial charge in [0.15, 0.2) is 0 Å². The van der Waals surface area contributed by atoms with E-state index in [2.05, 4.69) is 50.6 Å². The first-order chi connectivity index (χ1) is 11.7. The highest BCUT2D eigenvalue weighted by Crippen LogP contribution is 2.27. The number of piperidine rings is 1. The number of hydrogen-bond acceptors (Lipinski definition) is 4. The Hall–Kier alpha value is -2.21. The maximum Gasteiger partial charge on any atom is 0.234 e. The summed E-state index contributed by atoms with van der Waals surface area (Å²) in [5.41, 5.74) is 1.42. The molecule has 0 saturated carbocycles. The molecule has 1 fully saturated rings. The minimum atomic E-state index is 0.0426. The van der Waals surface area contributed by atoms with Crippen LogP contribution < -0.4 is 5.32 Å². The van der Waals surface area contributed by atoms with Gasteiger partial charge in [-0.05, 0) is 44.3 Å². The molecule has 1 aliphatic heterocycles. The van der Waals surface area contributed by atoms with Gasteiger partial charge < -0.3 is 5.32 Å². The molecule has 0 spiro atoms. The van der Waals surface area contributed by atoms with Crippen LogP contribution >= 0.6 is 0 Å². The molecule has 2 aromatic rings. The van der Waals surface area contributed by atoms with E-state index in [9.17, 15) is 4.79 Å². The van der Waals surface area contributed by atoms with Gasteiger partial charge in [-0.25, -0.2) is 4.98 Å². The van der Waals surface area contributed by atoms with Crippen molar-refractivity contribution in [3.8, 4) is 0 Å². The van der Waals surface area contributed by atoms with Gasteiger partial charge in [-0.15, -0.1) is 0 Å². The van der Waals surface area contributed by atoms with Crippen LogP contribution in [0, 0.1) is 0 Å². The van der Waals surface area contributed by atoms with Crippen molar-refractivity contribution in [1.29, 1.82) is 0 Å². The number of aromatic nitrogens is 3. The molecule has 24 heavy (non-hydrogen) atoms. The predicted octanol–water partition coefficient (Wildman–Crippen LogP) is 1.66. The summed E-state index contributed by atoms with van der Waals surface area (Å²) in [5, 5.41) is 7.10.